The molecule has 1 saturated heterocycles. The van der Waals surface area contributed by atoms with E-state index in [1.54, 1.807) is 11.3 Å². The number of nitrogens with one attached hydrogen (secondary N) is 2. The molecule has 0 radical (unpaired) electrons. The van der Waals surface area contributed by atoms with E-state index in [4.69, 9.17) is 4.74 Å². The number of fused-ring (bicyclic) bond motifs is 1. The van der Waals surface area contributed by atoms with Crippen molar-refractivity contribution in [3.8, 4) is 0 Å². The van der Waals surface area contributed by atoms with Gasteiger partial charge in [0.2, 0.25) is 0 Å². The van der Waals surface area contributed by atoms with Crippen molar-refractivity contribution in [3.63, 3.8) is 0 Å². The number of amides is 2. The predicted molar refractivity (Wildman–Crippen MR) is 84.5 cm³/mol. The number of hydrogen-bond donors (Lipinski definition) is 2. The van der Waals surface area contributed by atoms with E-state index in [1.165, 1.54) is 4.88 Å². The maximum atomic E-state index is 12.3. The molecule has 0 unspecified atom stereocenters. The average molecular weight is 308 g/mol. The molecular weight excluding hydrogens is 284 g/mol. The van der Waals surface area contributed by atoms with Crippen molar-refractivity contribution >= 4 is 17.4 Å². The summed E-state index contributed by atoms with van der Waals surface area (Å²) in [5.41, 5.74) is 0. The molecule has 2 fully saturated rings. The van der Waals surface area contributed by atoms with Gasteiger partial charge in [-0.15, -0.1) is 11.3 Å². The van der Waals surface area contributed by atoms with Gasteiger partial charge in [-0.05, 0) is 43.6 Å². The van der Waals surface area contributed by atoms with E-state index in [2.05, 4.69) is 29.0 Å². The van der Waals surface area contributed by atoms with E-state index in [1.807, 2.05) is 6.07 Å². The van der Waals surface area contributed by atoms with Crippen LogP contribution in [-0.2, 0) is 4.74 Å². The molecule has 2 amide bonds. The minimum Gasteiger partial charge on any atom is -0.378 e. The molecule has 5 heteroatoms. The summed E-state index contributed by atoms with van der Waals surface area (Å²) >= 11 is 1.70. The minimum absolute atomic E-state index is 0.0344. The number of thiophene rings is 1. The van der Waals surface area contributed by atoms with Crippen molar-refractivity contribution in [2.75, 3.05) is 6.61 Å². The molecule has 2 heterocycles. The molecule has 0 aromatic carbocycles. The third-order valence-electron chi connectivity index (χ3n) is 4.70. The molecule has 0 bridgehead atoms. The van der Waals surface area contributed by atoms with Crippen LogP contribution in [0.2, 0.25) is 0 Å². The van der Waals surface area contributed by atoms with Crippen LogP contribution in [0.25, 0.3) is 0 Å². The second kappa shape index (κ2) is 6.79. The van der Waals surface area contributed by atoms with Crippen molar-refractivity contribution < 1.29 is 9.53 Å². The molecule has 116 valence electrons. The third-order valence-corrected chi connectivity index (χ3v) is 5.68. The Morgan fingerprint density at radius 2 is 2.38 bits per heavy atom. The highest BCUT2D eigenvalue weighted by Gasteiger charge is 2.38. The van der Waals surface area contributed by atoms with Gasteiger partial charge in [0.15, 0.2) is 0 Å². The Morgan fingerprint density at radius 3 is 3.14 bits per heavy atom. The largest absolute Gasteiger partial charge is 0.378 e. The number of ether oxygens (including phenoxy) is 1. The number of carbonyl (C=O) groups excluding carboxylic acids is 1. The van der Waals surface area contributed by atoms with Crippen LogP contribution in [0.15, 0.2) is 17.5 Å². The highest BCUT2D eigenvalue weighted by Crippen LogP contribution is 2.34. The lowest BCUT2D eigenvalue weighted by molar-refractivity contribution is 0.0549. The normalized spacial score (nSPS) is 29.7. The summed E-state index contributed by atoms with van der Waals surface area (Å²) in [5, 5.41) is 8.36. The van der Waals surface area contributed by atoms with Gasteiger partial charge in [0.1, 0.15) is 0 Å². The molecule has 2 aliphatic rings. The average Bonchev–Trinajstić information content (AvgIpc) is 3.16. The van der Waals surface area contributed by atoms with Crippen molar-refractivity contribution in [3.05, 3.63) is 22.4 Å². The van der Waals surface area contributed by atoms with Crippen molar-refractivity contribution in [2.45, 2.75) is 57.2 Å². The molecule has 1 aliphatic carbocycles. The fourth-order valence-electron chi connectivity index (χ4n) is 3.59. The first kappa shape index (κ1) is 14.9. The third kappa shape index (κ3) is 3.40. The van der Waals surface area contributed by atoms with Gasteiger partial charge in [0.25, 0.3) is 0 Å². The van der Waals surface area contributed by atoms with Crippen LogP contribution in [0, 0.1) is 5.92 Å². The Balaban J connectivity index is 1.56. The zero-order chi connectivity index (χ0) is 14.7. The van der Waals surface area contributed by atoms with Crippen LogP contribution in [-0.4, -0.2) is 24.8 Å². The maximum Gasteiger partial charge on any atom is 0.315 e. The first-order chi connectivity index (χ1) is 10.3. The quantitative estimate of drug-likeness (QED) is 0.895. The molecule has 4 atom stereocenters. The van der Waals surface area contributed by atoms with E-state index in [0.717, 1.165) is 38.7 Å². The fourth-order valence-corrected chi connectivity index (χ4v) is 4.45. The molecule has 1 aromatic heterocycles. The standard InChI is InChI=1S/C16H24N2O2S/c1-2-12(15-7-4-10-21-15)17-16(19)18-13-5-3-6-14-11(13)8-9-20-14/h4,7,10-14H,2-3,5-6,8-9H2,1H3,(H2,17,18,19)/t11-,12+,13-,14-/m1/s1. The number of carbonyl (C=O) groups is 1. The van der Waals surface area contributed by atoms with Crippen LogP contribution in [0.1, 0.15) is 49.9 Å². The van der Waals surface area contributed by atoms with E-state index in [-0.39, 0.29) is 18.1 Å². The summed E-state index contributed by atoms with van der Waals surface area (Å²) in [7, 11) is 0. The maximum absolute atomic E-state index is 12.3. The first-order valence-corrected chi connectivity index (χ1v) is 8.88. The predicted octanol–water partition coefficient (Wildman–Crippen LogP) is 3.46. The molecule has 1 saturated carbocycles. The monoisotopic (exact) mass is 308 g/mol. The van der Waals surface area contributed by atoms with Crippen LogP contribution in [0.5, 0.6) is 0 Å². The first-order valence-electron chi connectivity index (χ1n) is 8.00. The summed E-state index contributed by atoms with van der Waals surface area (Å²) in [6, 6.07) is 4.47. The number of urea groups is 1. The molecule has 1 aliphatic heterocycles. The van der Waals surface area contributed by atoms with Crippen LogP contribution in [0.3, 0.4) is 0 Å². The summed E-state index contributed by atoms with van der Waals surface area (Å²) < 4.78 is 5.76. The summed E-state index contributed by atoms with van der Waals surface area (Å²) in [5.74, 6) is 0.506. The van der Waals surface area contributed by atoms with Crippen molar-refractivity contribution in [1.82, 2.24) is 10.6 Å². The zero-order valence-corrected chi connectivity index (χ0v) is 13.3. The lowest BCUT2D eigenvalue weighted by atomic mass is 9.82. The molecule has 1 aromatic rings. The Labute approximate surface area is 130 Å². The second-order valence-electron chi connectivity index (χ2n) is 5.99. The molecule has 0 spiro atoms. The molecule has 21 heavy (non-hydrogen) atoms. The Hall–Kier alpha value is -1.07. The molecule has 3 rings (SSSR count). The van der Waals surface area contributed by atoms with Crippen LogP contribution >= 0.6 is 11.3 Å². The van der Waals surface area contributed by atoms with E-state index in [0.29, 0.717) is 12.0 Å². The van der Waals surface area contributed by atoms with Gasteiger partial charge in [0, 0.05) is 23.4 Å². The van der Waals surface area contributed by atoms with Gasteiger partial charge < -0.3 is 15.4 Å². The zero-order valence-electron chi connectivity index (χ0n) is 12.5. The van der Waals surface area contributed by atoms with Gasteiger partial charge in [-0.3, -0.25) is 0 Å². The SMILES string of the molecule is CC[C@H](NC(=O)N[C@@H]1CCC[C@H]2OCC[C@H]12)c1cccs1. The van der Waals surface area contributed by atoms with Gasteiger partial charge in [-0.1, -0.05) is 13.0 Å². The Morgan fingerprint density at radius 1 is 1.48 bits per heavy atom. The Kier molecular flexibility index (Phi) is 4.80. The number of rotatable bonds is 4. The fraction of sp³-hybridized carbons (Fsp3) is 0.688. The minimum atomic E-state index is -0.0344. The molecular formula is C16H24N2O2S. The summed E-state index contributed by atoms with van der Waals surface area (Å²) in [4.78, 5) is 13.5. The smallest absolute Gasteiger partial charge is 0.315 e. The number of hydrogen-bond acceptors (Lipinski definition) is 3. The highest BCUT2D eigenvalue weighted by atomic mass is 32.1. The van der Waals surface area contributed by atoms with Gasteiger partial charge in [-0.2, -0.15) is 0 Å². The topological polar surface area (TPSA) is 50.4 Å². The lowest BCUT2D eigenvalue weighted by Gasteiger charge is -2.33. The van der Waals surface area contributed by atoms with Crippen molar-refractivity contribution in [2.24, 2.45) is 5.92 Å². The molecule has 4 nitrogen and oxygen atoms in total. The summed E-state index contributed by atoms with van der Waals surface area (Å²) in [6.07, 6.45) is 5.73. The van der Waals surface area contributed by atoms with Crippen LogP contribution < -0.4 is 10.6 Å². The van der Waals surface area contributed by atoms with E-state index < -0.39 is 0 Å². The Bertz CT molecular complexity index is 463. The van der Waals surface area contributed by atoms with Crippen LogP contribution in [0.4, 0.5) is 4.79 Å². The van der Waals surface area contributed by atoms with Gasteiger partial charge in [-0.25, -0.2) is 4.79 Å². The van der Waals surface area contributed by atoms with Crippen molar-refractivity contribution in [1.29, 1.82) is 0 Å². The van der Waals surface area contributed by atoms with E-state index in [9.17, 15) is 4.79 Å². The summed E-state index contributed by atoms with van der Waals surface area (Å²) in [6.45, 7) is 2.95. The highest BCUT2D eigenvalue weighted by molar-refractivity contribution is 7.10. The van der Waals surface area contributed by atoms with Gasteiger partial charge in [0.05, 0.1) is 12.1 Å². The second-order valence-corrected chi connectivity index (χ2v) is 6.97. The lowest BCUT2D eigenvalue weighted by Crippen LogP contribution is -2.49. The molecule has 2 N–H and O–H groups in total. The van der Waals surface area contributed by atoms with E-state index >= 15 is 0 Å². The van der Waals surface area contributed by atoms with Gasteiger partial charge >= 0.3 is 6.03 Å².